The van der Waals surface area contributed by atoms with E-state index >= 15 is 0 Å². The molecule has 0 bridgehead atoms. The highest BCUT2D eigenvalue weighted by molar-refractivity contribution is 9.10. The van der Waals surface area contributed by atoms with Gasteiger partial charge >= 0.3 is 0 Å². The third-order valence-electron chi connectivity index (χ3n) is 7.26. The number of benzene rings is 4. The molecule has 0 saturated carbocycles. The van der Waals surface area contributed by atoms with E-state index in [4.69, 9.17) is 4.74 Å². The van der Waals surface area contributed by atoms with E-state index < -0.39 is 28.5 Å². The Kier molecular flexibility index (Phi) is 10.8. The molecule has 4 rings (SSSR count). The molecule has 4 aromatic carbocycles. The van der Waals surface area contributed by atoms with Gasteiger partial charge in [0, 0.05) is 20.0 Å². The summed E-state index contributed by atoms with van der Waals surface area (Å²) in [5.41, 5.74) is 3.96. The van der Waals surface area contributed by atoms with Gasteiger partial charge in [-0.3, -0.25) is 13.9 Å². The van der Waals surface area contributed by atoms with Crippen LogP contribution in [0.15, 0.2) is 106 Å². The maximum atomic E-state index is 14.4. The van der Waals surface area contributed by atoms with Crippen LogP contribution in [0.5, 0.6) is 5.75 Å². The zero-order chi connectivity index (χ0) is 31.9. The minimum atomic E-state index is -4.23. The number of ether oxygens (including phenoxy) is 1. The Labute approximate surface area is 267 Å². The average molecular weight is 679 g/mol. The monoisotopic (exact) mass is 677 g/mol. The van der Waals surface area contributed by atoms with Crippen molar-refractivity contribution in [3.8, 4) is 5.75 Å². The second kappa shape index (κ2) is 14.5. The third kappa shape index (κ3) is 7.86. The number of amides is 2. The van der Waals surface area contributed by atoms with Crippen LogP contribution < -0.4 is 14.4 Å². The van der Waals surface area contributed by atoms with E-state index in [0.717, 1.165) is 26.6 Å². The summed E-state index contributed by atoms with van der Waals surface area (Å²) in [6.07, 6.45) is 0.251. The molecule has 0 aliphatic rings. The fraction of sp³-hybridized carbons (Fsp3) is 0.235. The maximum absolute atomic E-state index is 14.4. The molecule has 0 aliphatic heterocycles. The molecule has 0 heterocycles. The highest BCUT2D eigenvalue weighted by Gasteiger charge is 2.34. The predicted octanol–water partition coefficient (Wildman–Crippen LogP) is 5.66. The quantitative estimate of drug-likeness (QED) is 0.209. The highest BCUT2D eigenvalue weighted by Crippen LogP contribution is 2.31. The first kappa shape index (κ1) is 32.8. The number of anilines is 1. The average Bonchev–Trinajstić information content (AvgIpc) is 3.02. The normalized spacial score (nSPS) is 11.8. The molecule has 1 atom stereocenters. The summed E-state index contributed by atoms with van der Waals surface area (Å²) in [4.78, 5) is 29.2. The number of halogens is 1. The summed E-state index contributed by atoms with van der Waals surface area (Å²) >= 11 is 3.38. The van der Waals surface area contributed by atoms with Gasteiger partial charge in [0.15, 0.2) is 0 Å². The number of likely N-dealkylation sites (N-methyl/N-ethyl adjacent to an activating group) is 1. The van der Waals surface area contributed by atoms with Crippen LogP contribution in [0.4, 0.5) is 5.69 Å². The molecule has 0 aromatic heterocycles. The summed E-state index contributed by atoms with van der Waals surface area (Å²) < 4.78 is 35.2. The Balaban J connectivity index is 1.80. The lowest BCUT2D eigenvalue weighted by molar-refractivity contribution is -0.139. The Morgan fingerprint density at radius 1 is 0.864 bits per heavy atom. The van der Waals surface area contributed by atoms with Crippen LogP contribution >= 0.6 is 15.9 Å². The SMILES string of the molecule is CNC(=O)C(Cc1ccccc1)N(Cc1cccc(C)c1)C(=O)CN(c1ccc(C)cc1)S(=O)(=O)c1ccc(OC)c(Br)c1. The van der Waals surface area contributed by atoms with Gasteiger partial charge in [-0.2, -0.15) is 0 Å². The van der Waals surface area contributed by atoms with Crippen molar-refractivity contribution >= 4 is 43.5 Å². The van der Waals surface area contributed by atoms with Crippen molar-refractivity contribution in [3.05, 3.63) is 124 Å². The van der Waals surface area contributed by atoms with E-state index in [1.807, 2.05) is 68.4 Å². The minimum absolute atomic E-state index is 0.0177. The molecular weight excluding hydrogens is 642 g/mol. The topological polar surface area (TPSA) is 96.0 Å². The van der Waals surface area contributed by atoms with E-state index in [9.17, 15) is 18.0 Å². The summed E-state index contributed by atoms with van der Waals surface area (Å²) in [5.74, 6) is -0.396. The molecule has 44 heavy (non-hydrogen) atoms. The van der Waals surface area contributed by atoms with Crippen molar-refractivity contribution in [2.75, 3.05) is 25.0 Å². The number of carbonyl (C=O) groups excluding carboxylic acids is 2. The molecule has 0 radical (unpaired) electrons. The summed E-state index contributed by atoms with van der Waals surface area (Å²) in [6, 6.07) is 27.6. The van der Waals surface area contributed by atoms with Crippen molar-refractivity contribution in [1.82, 2.24) is 10.2 Å². The number of hydrogen-bond acceptors (Lipinski definition) is 5. The molecular formula is C34H36BrN3O5S. The van der Waals surface area contributed by atoms with Crippen LogP contribution in [0.25, 0.3) is 0 Å². The predicted molar refractivity (Wildman–Crippen MR) is 176 cm³/mol. The van der Waals surface area contributed by atoms with Crippen LogP contribution in [0.2, 0.25) is 0 Å². The maximum Gasteiger partial charge on any atom is 0.264 e. The first-order valence-corrected chi connectivity index (χ1v) is 16.3. The molecule has 0 saturated heterocycles. The number of rotatable bonds is 12. The van der Waals surface area contributed by atoms with E-state index in [0.29, 0.717) is 15.9 Å². The lowest BCUT2D eigenvalue weighted by Gasteiger charge is -2.33. The fourth-order valence-electron chi connectivity index (χ4n) is 4.90. The molecule has 8 nitrogen and oxygen atoms in total. The van der Waals surface area contributed by atoms with Crippen LogP contribution in [0.1, 0.15) is 22.3 Å². The zero-order valence-corrected chi connectivity index (χ0v) is 27.6. The van der Waals surface area contributed by atoms with E-state index in [1.165, 1.54) is 31.2 Å². The molecule has 2 amide bonds. The second-order valence-electron chi connectivity index (χ2n) is 10.5. The molecule has 0 fully saturated rings. The van der Waals surface area contributed by atoms with Gasteiger partial charge in [0.2, 0.25) is 11.8 Å². The van der Waals surface area contributed by atoms with Crippen molar-refractivity contribution < 1.29 is 22.7 Å². The highest BCUT2D eigenvalue weighted by atomic mass is 79.9. The zero-order valence-electron chi connectivity index (χ0n) is 25.2. The van der Waals surface area contributed by atoms with Crippen molar-refractivity contribution in [2.24, 2.45) is 0 Å². The molecule has 0 spiro atoms. The van der Waals surface area contributed by atoms with Gasteiger partial charge in [0.1, 0.15) is 18.3 Å². The molecule has 10 heteroatoms. The third-order valence-corrected chi connectivity index (χ3v) is 9.65. The number of nitrogens with zero attached hydrogens (tertiary/aromatic N) is 2. The summed E-state index contributed by atoms with van der Waals surface area (Å²) in [6.45, 7) is 3.44. The van der Waals surface area contributed by atoms with Crippen molar-refractivity contribution in [2.45, 2.75) is 37.8 Å². The Morgan fingerprint density at radius 2 is 1.55 bits per heavy atom. The Bertz CT molecular complexity index is 1710. The van der Waals surface area contributed by atoms with Crippen LogP contribution in [0, 0.1) is 13.8 Å². The molecule has 230 valence electrons. The summed E-state index contributed by atoms with van der Waals surface area (Å²) in [7, 11) is -1.21. The van der Waals surface area contributed by atoms with Crippen LogP contribution in [0.3, 0.4) is 0 Å². The number of aryl methyl sites for hydroxylation is 2. The van der Waals surface area contributed by atoms with Gasteiger partial charge in [-0.15, -0.1) is 0 Å². The minimum Gasteiger partial charge on any atom is -0.496 e. The van der Waals surface area contributed by atoms with Gasteiger partial charge in [-0.25, -0.2) is 8.42 Å². The Morgan fingerprint density at radius 3 is 2.16 bits per heavy atom. The number of carbonyl (C=O) groups is 2. The lowest BCUT2D eigenvalue weighted by Crippen LogP contribution is -2.53. The largest absolute Gasteiger partial charge is 0.496 e. The number of sulfonamides is 1. The molecule has 4 aromatic rings. The second-order valence-corrected chi connectivity index (χ2v) is 13.2. The van der Waals surface area contributed by atoms with Gasteiger partial charge < -0.3 is 15.0 Å². The van der Waals surface area contributed by atoms with E-state index in [1.54, 1.807) is 30.3 Å². The van der Waals surface area contributed by atoms with E-state index in [2.05, 4.69) is 21.2 Å². The summed E-state index contributed by atoms with van der Waals surface area (Å²) in [5, 5.41) is 2.70. The number of nitrogens with one attached hydrogen (secondary N) is 1. The lowest BCUT2D eigenvalue weighted by atomic mass is 10.0. The van der Waals surface area contributed by atoms with Crippen molar-refractivity contribution in [3.63, 3.8) is 0 Å². The van der Waals surface area contributed by atoms with Crippen LogP contribution in [-0.4, -0.2) is 51.9 Å². The number of methoxy groups -OCH3 is 1. The first-order chi connectivity index (χ1) is 21.0. The van der Waals surface area contributed by atoms with Gasteiger partial charge in [0.05, 0.1) is 22.2 Å². The molecule has 0 aliphatic carbocycles. The Hall–Kier alpha value is -4.15. The van der Waals surface area contributed by atoms with Crippen LogP contribution in [-0.2, 0) is 32.6 Å². The van der Waals surface area contributed by atoms with E-state index in [-0.39, 0.29) is 23.8 Å². The standard InChI is InChI=1S/C34H36BrN3O5S/c1-24-13-15-28(16-14-24)38(44(41,42)29-17-18-32(43-4)30(35)21-29)23-33(39)37(22-27-12-8-9-25(2)19-27)31(34(40)36-3)20-26-10-6-5-7-11-26/h5-19,21,31H,20,22-23H2,1-4H3,(H,36,40). The first-order valence-electron chi connectivity index (χ1n) is 14.1. The van der Waals surface area contributed by atoms with Crippen molar-refractivity contribution in [1.29, 1.82) is 0 Å². The smallest absolute Gasteiger partial charge is 0.264 e. The van der Waals surface area contributed by atoms with Gasteiger partial charge in [-0.05, 0) is 71.2 Å². The van der Waals surface area contributed by atoms with Gasteiger partial charge in [0.25, 0.3) is 10.0 Å². The van der Waals surface area contributed by atoms with Gasteiger partial charge in [-0.1, -0.05) is 77.9 Å². The molecule has 1 N–H and O–H groups in total. The number of hydrogen-bond donors (Lipinski definition) is 1. The molecule has 1 unspecified atom stereocenters. The fourth-order valence-corrected chi connectivity index (χ4v) is 7.04.